The molecule has 0 unspecified atom stereocenters. The highest BCUT2D eigenvalue weighted by molar-refractivity contribution is 6.04. The van der Waals surface area contributed by atoms with Gasteiger partial charge >= 0.3 is 0 Å². The van der Waals surface area contributed by atoms with Gasteiger partial charge in [0.05, 0.1) is 11.3 Å². The molecule has 0 saturated carbocycles. The van der Waals surface area contributed by atoms with Crippen molar-refractivity contribution in [3.05, 3.63) is 58.2 Å². The second-order valence-corrected chi connectivity index (χ2v) is 15.1. The van der Waals surface area contributed by atoms with E-state index in [1.54, 1.807) is 12.1 Å². The van der Waals surface area contributed by atoms with Gasteiger partial charge in [0, 0.05) is 51.9 Å². The number of benzene rings is 2. The highest BCUT2D eigenvalue weighted by Gasteiger charge is 2.66. The summed E-state index contributed by atoms with van der Waals surface area (Å²) >= 11 is 0. The van der Waals surface area contributed by atoms with Crippen molar-refractivity contribution in [3.8, 4) is 23.0 Å². The Balaban J connectivity index is 1.18. The molecule has 4 bridgehead atoms. The van der Waals surface area contributed by atoms with Gasteiger partial charge in [-0.3, -0.25) is 4.79 Å². The number of ether oxygens (including phenoxy) is 2. The number of hydrogen-bond acceptors (Lipinski definition) is 11. The van der Waals surface area contributed by atoms with Crippen LogP contribution in [0.3, 0.4) is 0 Å². The van der Waals surface area contributed by atoms with E-state index in [1.165, 1.54) is 6.92 Å². The highest BCUT2D eigenvalue weighted by atomic mass is 16.5. The van der Waals surface area contributed by atoms with Crippen LogP contribution in [0.2, 0.25) is 0 Å². The summed E-state index contributed by atoms with van der Waals surface area (Å²) < 4.78 is 12.8. The van der Waals surface area contributed by atoms with E-state index in [9.17, 15) is 25.2 Å². The molecule has 11 heteroatoms. The molecule has 10 atom stereocenters. The quantitative estimate of drug-likeness (QED) is 0.226. The van der Waals surface area contributed by atoms with E-state index in [0.717, 1.165) is 48.2 Å². The maximum absolute atomic E-state index is 13.3. The first-order chi connectivity index (χ1) is 22.6. The van der Waals surface area contributed by atoms with Crippen molar-refractivity contribution < 1.29 is 34.7 Å². The van der Waals surface area contributed by atoms with Crippen LogP contribution in [0.4, 0.5) is 11.4 Å². The third kappa shape index (κ3) is 3.15. The molecule has 11 nitrogen and oxygen atoms in total. The topological polar surface area (TPSA) is 148 Å². The summed E-state index contributed by atoms with van der Waals surface area (Å²) in [5.74, 6) is 0.227. The van der Waals surface area contributed by atoms with Gasteiger partial charge in [0.1, 0.15) is 30.1 Å². The first kappa shape index (κ1) is 28.3. The number of phenols is 2. The minimum absolute atomic E-state index is 0.0492. The second-order valence-electron chi connectivity index (χ2n) is 15.1. The van der Waals surface area contributed by atoms with E-state index in [1.807, 2.05) is 6.08 Å². The SMILES string of the molecule is CC(=O)c1c(O)c2c3c(c1N=Nc1cc(O)c4c5c1C[C@@H]1[C@@H]6C=C[C@H](O)[C@H](O4)[C@]56CCN1C)C[C@@H]1[C@@H]4C=C[C@H](O)[C@H](O2)[C@]34CCN1C. The average Bonchev–Trinajstić information content (AvgIpc) is 3.58. The lowest BCUT2D eigenvalue weighted by Crippen LogP contribution is -2.64. The van der Waals surface area contributed by atoms with Gasteiger partial charge in [-0.05, 0) is 70.9 Å². The van der Waals surface area contributed by atoms with Crippen LogP contribution in [-0.2, 0) is 23.7 Å². The number of hydrogen-bond donors (Lipinski definition) is 4. The van der Waals surface area contributed by atoms with Crippen molar-refractivity contribution in [2.24, 2.45) is 22.1 Å². The standard InChI is InChI=1S/C36H38N4O7/c1-15(41)26-29(17-13-22-19-5-7-24(43)34-36(19,9-11-40(22)3)28(17)32(47-34)30(26)45)38-37-20-14-25(44)31-27-16(20)12-21-18-4-6-23(42)33(46-31)35(18,27)8-10-39(21)2/h4-7,14,18-19,21-24,33-34,42-45H,8-13H2,1-3H3/t18-,19-,21+,22+,23-,24-,33-,34-,35-,36-/m0/s1. The molecule has 47 heavy (non-hydrogen) atoms. The Morgan fingerprint density at radius 1 is 0.830 bits per heavy atom. The minimum atomic E-state index is -0.846. The van der Waals surface area contributed by atoms with Crippen molar-refractivity contribution in [2.75, 3.05) is 27.2 Å². The molecule has 2 aromatic carbocycles. The molecule has 4 aliphatic carbocycles. The fourth-order valence-electron chi connectivity index (χ4n) is 11.3. The predicted octanol–water partition coefficient (Wildman–Crippen LogP) is 3.33. The molecule has 0 radical (unpaired) electrons. The Bertz CT molecular complexity index is 1910. The Morgan fingerprint density at radius 2 is 1.38 bits per heavy atom. The Hall–Kier alpha value is -3.77. The van der Waals surface area contributed by atoms with Gasteiger partial charge in [0.2, 0.25) is 0 Å². The highest BCUT2D eigenvalue weighted by Crippen LogP contribution is 2.66. The smallest absolute Gasteiger partial charge is 0.171 e. The molecule has 2 saturated heterocycles. The third-order valence-electron chi connectivity index (χ3n) is 13.3. The Morgan fingerprint density at radius 3 is 1.98 bits per heavy atom. The van der Waals surface area contributed by atoms with Crippen LogP contribution in [0.5, 0.6) is 23.0 Å². The number of carbonyl (C=O) groups is 1. The maximum atomic E-state index is 13.3. The van der Waals surface area contributed by atoms with Gasteiger partial charge in [-0.25, -0.2) is 0 Å². The largest absolute Gasteiger partial charge is 0.504 e. The van der Waals surface area contributed by atoms with Crippen LogP contribution in [-0.4, -0.2) is 99.7 Å². The molecule has 2 fully saturated rings. The Kier molecular flexibility index (Phi) is 5.42. The number of aromatic hydroxyl groups is 2. The molecular weight excluding hydrogens is 600 g/mol. The number of piperidine rings is 2. The van der Waals surface area contributed by atoms with Crippen LogP contribution in [0.1, 0.15) is 52.4 Å². The van der Waals surface area contributed by atoms with Crippen LogP contribution in [0.15, 0.2) is 40.6 Å². The average molecular weight is 639 g/mol. The van der Waals surface area contributed by atoms with Gasteiger partial charge in [0.25, 0.3) is 0 Å². The first-order valence-electron chi connectivity index (χ1n) is 16.8. The number of rotatable bonds is 3. The molecule has 2 aromatic rings. The van der Waals surface area contributed by atoms with Gasteiger partial charge < -0.3 is 39.7 Å². The zero-order valence-corrected chi connectivity index (χ0v) is 26.6. The molecule has 2 spiro atoms. The molecule has 4 heterocycles. The van der Waals surface area contributed by atoms with Crippen LogP contribution in [0.25, 0.3) is 0 Å². The second kappa shape index (κ2) is 9.02. The predicted molar refractivity (Wildman–Crippen MR) is 169 cm³/mol. The van der Waals surface area contributed by atoms with Gasteiger partial charge in [-0.15, -0.1) is 5.11 Å². The molecule has 4 aliphatic heterocycles. The number of phenolic OH excluding ortho intramolecular Hbond substituents is 2. The van der Waals surface area contributed by atoms with E-state index in [-0.39, 0.29) is 52.5 Å². The lowest BCUT2D eigenvalue weighted by molar-refractivity contribution is -0.0453. The zero-order chi connectivity index (χ0) is 32.3. The van der Waals surface area contributed by atoms with E-state index in [4.69, 9.17) is 19.7 Å². The molecule has 244 valence electrons. The van der Waals surface area contributed by atoms with E-state index >= 15 is 0 Å². The van der Waals surface area contributed by atoms with E-state index in [2.05, 4.69) is 36.0 Å². The lowest BCUT2D eigenvalue weighted by Gasteiger charge is -2.56. The van der Waals surface area contributed by atoms with E-state index in [0.29, 0.717) is 30.0 Å². The van der Waals surface area contributed by atoms with Crippen molar-refractivity contribution in [2.45, 2.75) is 79.9 Å². The molecule has 4 N–H and O–H groups in total. The first-order valence-corrected chi connectivity index (χ1v) is 16.8. The van der Waals surface area contributed by atoms with Crippen molar-refractivity contribution in [3.63, 3.8) is 0 Å². The minimum Gasteiger partial charge on any atom is -0.504 e. The molecule has 0 aromatic heterocycles. The van der Waals surface area contributed by atoms with Gasteiger partial charge in [-0.2, -0.15) is 5.11 Å². The fourth-order valence-corrected chi connectivity index (χ4v) is 11.3. The summed E-state index contributed by atoms with van der Waals surface area (Å²) in [5, 5.41) is 54.9. The zero-order valence-electron chi connectivity index (χ0n) is 26.6. The van der Waals surface area contributed by atoms with Crippen molar-refractivity contribution in [1.82, 2.24) is 9.80 Å². The van der Waals surface area contributed by atoms with E-state index < -0.39 is 35.2 Å². The van der Waals surface area contributed by atoms with Crippen LogP contribution < -0.4 is 9.47 Å². The number of ketones is 1. The van der Waals surface area contributed by atoms with Crippen molar-refractivity contribution in [1.29, 1.82) is 0 Å². The number of aliphatic hydroxyl groups is 2. The number of carbonyl (C=O) groups excluding carboxylic acids is 1. The summed E-state index contributed by atoms with van der Waals surface area (Å²) in [6.07, 6.45) is 7.89. The molecule has 0 amide bonds. The Labute approximate surface area is 271 Å². The maximum Gasteiger partial charge on any atom is 0.171 e. The summed E-state index contributed by atoms with van der Waals surface area (Å²) in [4.78, 5) is 18.0. The normalized spacial score (nSPS) is 39.9. The number of azo groups is 1. The molecular formula is C36H38N4O7. The van der Waals surface area contributed by atoms with Crippen molar-refractivity contribution >= 4 is 17.2 Å². The van der Waals surface area contributed by atoms with Crippen LogP contribution in [0, 0.1) is 11.8 Å². The molecule has 10 rings (SSSR count). The number of aliphatic hydroxyl groups excluding tert-OH is 2. The van der Waals surface area contributed by atoms with Gasteiger partial charge in [0.15, 0.2) is 28.8 Å². The molecule has 8 aliphatic rings. The number of likely N-dealkylation sites (N-methyl/N-ethyl adjacent to an activating group) is 2. The summed E-state index contributed by atoms with van der Waals surface area (Å²) in [7, 11) is 4.23. The lowest BCUT2D eigenvalue weighted by atomic mass is 9.53. The summed E-state index contributed by atoms with van der Waals surface area (Å²) in [6, 6.07) is 1.82. The fraction of sp³-hybridized carbons (Fsp3) is 0.528. The summed E-state index contributed by atoms with van der Waals surface area (Å²) in [5.41, 5.74) is 3.33. The monoisotopic (exact) mass is 638 g/mol. The third-order valence-corrected chi connectivity index (χ3v) is 13.3. The summed E-state index contributed by atoms with van der Waals surface area (Å²) in [6.45, 7) is 3.07. The van der Waals surface area contributed by atoms with Gasteiger partial charge in [-0.1, -0.05) is 24.3 Å². The number of Topliss-reactive ketones (excluding diaryl/α,β-unsaturated/α-hetero) is 1. The number of likely N-dealkylation sites (tertiary alicyclic amines) is 2. The van der Waals surface area contributed by atoms with Crippen LogP contribution >= 0.6 is 0 Å². The number of nitrogens with zero attached hydrogens (tertiary/aromatic N) is 4.